The van der Waals surface area contributed by atoms with E-state index in [1.807, 2.05) is 5.30 Å². The lowest BCUT2D eigenvalue weighted by Gasteiger charge is -2.30. The van der Waals surface area contributed by atoms with Crippen molar-refractivity contribution in [3.63, 3.8) is 0 Å². The Balaban J connectivity index is 1.92. The van der Waals surface area contributed by atoms with Gasteiger partial charge in [0.2, 0.25) is 0 Å². The monoisotopic (exact) mass is 308 g/mol. The molecule has 1 aromatic rings. The molecule has 0 aliphatic heterocycles. The Bertz CT molecular complexity index is 409. The van der Waals surface area contributed by atoms with Crippen molar-refractivity contribution in [1.82, 2.24) is 0 Å². The van der Waals surface area contributed by atoms with Crippen molar-refractivity contribution in [2.45, 2.75) is 89.4 Å². The summed E-state index contributed by atoms with van der Waals surface area (Å²) in [6.07, 6.45) is 14.6. The van der Waals surface area contributed by atoms with Crippen LogP contribution in [0.15, 0.2) is 6.07 Å². The van der Waals surface area contributed by atoms with Crippen LogP contribution in [-0.2, 0) is 12.8 Å². The molecule has 20 heavy (non-hydrogen) atoms. The zero-order chi connectivity index (χ0) is 13.9. The minimum absolute atomic E-state index is 0.141. The molecule has 112 valence electrons. The summed E-state index contributed by atoms with van der Waals surface area (Å²) in [5.74, 6) is 0. The molecule has 2 fully saturated rings. The van der Waals surface area contributed by atoms with Gasteiger partial charge in [0.25, 0.3) is 0 Å². The Kier molecular flexibility index (Phi) is 5.21. The average Bonchev–Trinajstić information content (AvgIpc) is 3.21. The van der Waals surface area contributed by atoms with E-state index in [9.17, 15) is 0 Å². The van der Waals surface area contributed by atoms with Crippen LogP contribution in [0.3, 0.4) is 0 Å². The van der Waals surface area contributed by atoms with Gasteiger partial charge in [-0.2, -0.15) is 0 Å². The van der Waals surface area contributed by atoms with E-state index in [-0.39, 0.29) is 7.92 Å². The second-order valence-corrected chi connectivity index (χ2v) is 10.5. The highest BCUT2D eigenvalue weighted by Gasteiger charge is 2.35. The van der Waals surface area contributed by atoms with Crippen molar-refractivity contribution < 1.29 is 0 Å². The van der Waals surface area contributed by atoms with Crippen molar-refractivity contribution >= 4 is 24.6 Å². The maximum absolute atomic E-state index is 2.63. The van der Waals surface area contributed by atoms with Gasteiger partial charge < -0.3 is 0 Å². The Morgan fingerprint density at radius 2 is 1.50 bits per heavy atom. The largest absolute Gasteiger partial charge is 0.145 e. The lowest BCUT2D eigenvalue weighted by Crippen LogP contribution is -2.20. The van der Waals surface area contributed by atoms with Gasteiger partial charge in [0.1, 0.15) is 0 Å². The minimum atomic E-state index is 0.141. The summed E-state index contributed by atoms with van der Waals surface area (Å²) in [6, 6.07) is 2.63. The highest BCUT2D eigenvalue weighted by molar-refractivity contribution is 7.67. The molecule has 0 atom stereocenters. The number of thiophene rings is 1. The normalized spacial score (nSPS) is 21.4. The first-order valence-electron chi connectivity index (χ1n) is 8.73. The number of rotatable bonds is 5. The van der Waals surface area contributed by atoms with Crippen molar-refractivity contribution in [2.75, 3.05) is 0 Å². The fraction of sp³-hybridized carbons (Fsp3) is 0.778. The van der Waals surface area contributed by atoms with Crippen LogP contribution in [0.2, 0.25) is 0 Å². The van der Waals surface area contributed by atoms with Crippen LogP contribution in [0, 0.1) is 0 Å². The third-order valence-corrected chi connectivity index (χ3v) is 10.4. The lowest BCUT2D eigenvalue weighted by atomic mass is 10.3. The molecule has 3 rings (SSSR count). The van der Waals surface area contributed by atoms with Crippen LogP contribution in [0.25, 0.3) is 0 Å². The molecule has 2 aliphatic rings. The lowest BCUT2D eigenvalue weighted by molar-refractivity contribution is 0.835. The topological polar surface area (TPSA) is 0 Å². The first-order chi connectivity index (χ1) is 9.83. The summed E-state index contributed by atoms with van der Waals surface area (Å²) < 4.78 is 0. The average molecular weight is 308 g/mol. The molecule has 0 radical (unpaired) electrons. The Labute approximate surface area is 130 Å². The van der Waals surface area contributed by atoms with Gasteiger partial charge in [0, 0.05) is 9.75 Å². The summed E-state index contributed by atoms with van der Waals surface area (Å²) >= 11 is 2.12. The van der Waals surface area contributed by atoms with Crippen LogP contribution < -0.4 is 5.30 Å². The summed E-state index contributed by atoms with van der Waals surface area (Å²) in [7, 11) is 0.141. The van der Waals surface area contributed by atoms with Gasteiger partial charge in [-0.05, 0) is 61.2 Å². The second kappa shape index (κ2) is 6.93. The van der Waals surface area contributed by atoms with E-state index >= 15 is 0 Å². The van der Waals surface area contributed by atoms with Gasteiger partial charge in [0.15, 0.2) is 0 Å². The summed E-state index contributed by atoms with van der Waals surface area (Å²) in [5, 5.41) is 1.85. The van der Waals surface area contributed by atoms with Crippen molar-refractivity contribution in [3.05, 3.63) is 15.8 Å². The molecule has 0 nitrogen and oxygen atoms in total. The van der Waals surface area contributed by atoms with Gasteiger partial charge in [-0.3, -0.25) is 0 Å². The van der Waals surface area contributed by atoms with E-state index in [1.165, 1.54) is 64.2 Å². The van der Waals surface area contributed by atoms with Crippen molar-refractivity contribution in [1.29, 1.82) is 0 Å². The van der Waals surface area contributed by atoms with Crippen molar-refractivity contribution in [2.24, 2.45) is 0 Å². The standard InChI is InChI=1S/C18H29PS/c1-3-16-13-17(18(4-2)20-16)19(14-9-5-6-10-14)15-11-7-8-12-15/h13-15H,3-12H2,1-2H3. The van der Waals surface area contributed by atoms with Crippen LogP contribution >= 0.6 is 19.3 Å². The number of hydrogen-bond acceptors (Lipinski definition) is 1. The van der Waals surface area contributed by atoms with Crippen LogP contribution in [0.1, 0.15) is 75.0 Å². The van der Waals surface area contributed by atoms with E-state index in [4.69, 9.17) is 0 Å². The van der Waals surface area contributed by atoms with Gasteiger partial charge in [-0.15, -0.1) is 11.3 Å². The van der Waals surface area contributed by atoms with E-state index in [0.717, 1.165) is 11.3 Å². The third kappa shape index (κ3) is 3.00. The molecule has 0 saturated heterocycles. The number of hydrogen-bond donors (Lipinski definition) is 0. The molecule has 0 aromatic carbocycles. The molecule has 1 aromatic heterocycles. The molecular formula is C18H29PS. The van der Waals surface area contributed by atoms with E-state index in [1.54, 1.807) is 9.75 Å². The Morgan fingerprint density at radius 1 is 0.950 bits per heavy atom. The maximum atomic E-state index is 2.63. The predicted molar refractivity (Wildman–Crippen MR) is 94.1 cm³/mol. The van der Waals surface area contributed by atoms with Gasteiger partial charge in [-0.1, -0.05) is 47.5 Å². The molecule has 1 heterocycles. The summed E-state index contributed by atoms with van der Waals surface area (Å²) in [4.78, 5) is 3.38. The molecule has 2 saturated carbocycles. The van der Waals surface area contributed by atoms with Crippen LogP contribution in [0.5, 0.6) is 0 Å². The highest BCUT2D eigenvalue weighted by Crippen LogP contribution is 2.57. The first-order valence-corrected chi connectivity index (χ1v) is 11.0. The molecular weight excluding hydrogens is 279 g/mol. The fourth-order valence-electron chi connectivity index (χ4n) is 4.18. The smallest absolute Gasteiger partial charge is 0.0122 e. The molecule has 0 unspecified atom stereocenters. The molecule has 0 amide bonds. The summed E-state index contributed by atoms with van der Waals surface area (Å²) in [6.45, 7) is 4.69. The highest BCUT2D eigenvalue weighted by atomic mass is 32.1. The zero-order valence-corrected chi connectivity index (χ0v) is 14.9. The third-order valence-electron chi connectivity index (χ3n) is 5.22. The molecule has 2 heteroatoms. The maximum Gasteiger partial charge on any atom is 0.0122 e. The van der Waals surface area contributed by atoms with E-state index in [0.29, 0.717) is 0 Å². The molecule has 0 bridgehead atoms. The Morgan fingerprint density at radius 3 is 1.95 bits per heavy atom. The van der Waals surface area contributed by atoms with Crippen LogP contribution in [0.4, 0.5) is 0 Å². The molecule has 0 spiro atoms. The van der Waals surface area contributed by atoms with E-state index in [2.05, 4.69) is 31.3 Å². The predicted octanol–water partition coefficient (Wildman–Crippen LogP) is 5.87. The quantitative estimate of drug-likeness (QED) is 0.597. The molecule has 0 N–H and O–H groups in total. The molecule has 2 aliphatic carbocycles. The zero-order valence-electron chi connectivity index (χ0n) is 13.2. The van der Waals surface area contributed by atoms with Crippen molar-refractivity contribution in [3.8, 4) is 0 Å². The fourth-order valence-corrected chi connectivity index (χ4v) is 9.64. The van der Waals surface area contributed by atoms with Gasteiger partial charge >= 0.3 is 0 Å². The van der Waals surface area contributed by atoms with Gasteiger partial charge in [-0.25, -0.2) is 0 Å². The number of aryl methyl sites for hydroxylation is 2. The Hall–Kier alpha value is 0.130. The van der Waals surface area contributed by atoms with E-state index < -0.39 is 0 Å². The summed E-state index contributed by atoms with van der Waals surface area (Å²) in [5.41, 5.74) is 2.13. The first kappa shape index (κ1) is 15.0. The van der Waals surface area contributed by atoms with Crippen LogP contribution in [-0.4, -0.2) is 11.3 Å². The van der Waals surface area contributed by atoms with Gasteiger partial charge in [0.05, 0.1) is 0 Å². The SMILES string of the molecule is CCc1cc(P(C2CCCC2)C2CCCC2)c(CC)s1. The minimum Gasteiger partial charge on any atom is -0.145 e. The second-order valence-electron chi connectivity index (χ2n) is 6.51.